The van der Waals surface area contributed by atoms with Crippen molar-refractivity contribution in [2.75, 3.05) is 5.32 Å². The van der Waals surface area contributed by atoms with Crippen LogP contribution in [-0.2, 0) is 0 Å². The first-order chi connectivity index (χ1) is 9.54. The molecule has 0 radical (unpaired) electrons. The summed E-state index contributed by atoms with van der Waals surface area (Å²) in [7, 11) is 0. The van der Waals surface area contributed by atoms with Crippen LogP contribution in [-0.4, -0.2) is 0 Å². The predicted octanol–water partition coefficient (Wildman–Crippen LogP) is 4.81. The summed E-state index contributed by atoms with van der Waals surface area (Å²) in [5.41, 5.74) is -0.00308. The maximum atomic E-state index is 13.6. The minimum atomic E-state index is -1.42. The number of halogens is 4. The van der Waals surface area contributed by atoms with Gasteiger partial charge in [0.2, 0.25) is 0 Å². The van der Waals surface area contributed by atoms with Gasteiger partial charge < -0.3 is 5.32 Å². The van der Waals surface area contributed by atoms with Gasteiger partial charge in [-0.25, -0.2) is 17.6 Å². The van der Waals surface area contributed by atoms with E-state index in [0.717, 1.165) is 5.56 Å². The number of hydrogen-bond acceptors (Lipinski definition) is 1. The lowest BCUT2D eigenvalue weighted by Crippen LogP contribution is -2.13. The normalized spacial score (nSPS) is 12.2. The largest absolute Gasteiger partial charge is 0.373 e. The van der Waals surface area contributed by atoms with Crippen molar-refractivity contribution < 1.29 is 17.6 Å². The summed E-state index contributed by atoms with van der Waals surface area (Å²) in [4.78, 5) is 0. The predicted molar refractivity (Wildman–Crippen MR) is 69.4 cm³/mol. The van der Waals surface area contributed by atoms with E-state index in [4.69, 9.17) is 0 Å². The van der Waals surface area contributed by atoms with Gasteiger partial charge in [-0.1, -0.05) is 37.3 Å². The van der Waals surface area contributed by atoms with E-state index in [1.54, 1.807) is 37.3 Å². The molecule has 1 N–H and O–H groups in total. The molecule has 0 spiro atoms. The highest BCUT2D eigenvalue weighted by atomic mass is 19.2. The van der Waals surface area contributed by atoms with E-state index in [1.165, 1.54) is 0 Å². The van der Waals surface area contributed by atoms with Crippen LogP contribution in [0.5, 0.6) is 0 Å². The van der Waals surface area contributed by atoms with Gasteiger partial charge in [0.15, 0.2) is 23.3 Å². The first kappa shape index (κ1) is 14.4. The third-order valence-electron chi connectivity index (χ3n) is 3.04. The molecule has 0 aliphatic carbocycles. The van der Waals surface area contributed by atoms with E-state index in [9.17, 15) is 17.6 Å². The highest BCUT2D eigenvalue weighted by Gasteiger charge is 2.21. The zero-order valence-electron chi connectivity index (χ0n) is 10.8. The molecule has 20 heavy (non-hydrogen) atoms. The summed E-state index contributed by atoms with van der Waals surface area (Å²) in [6, 6.07) is 8.65. The Hall–Kier alpha value is -2.04. The van der Waals surface area contributed by atoms with E-state index in [0.29, 0.717) is 6.42 Å². The Labute approximate surface area is 114 Å². The van der Waals surface area contributed by atoms with Crippen molar-refractivity contribution >= 4 is 5.69 Å². The van der Waals surface area contributed by atoms with Crippen LogP contribution in [0.1, 0.15) is 24.9 Å². The minimum absolute atomic E-state index is 0.194. The summed E-state index contributed by atoms with van der Waals surface area (Å²) in [5, 5.41) is 2.53. The van der Waals surface area contributed by atoms with Crippen LogP contribution in [0.4, 0.5) is 23.2 Å². The molecule has 1 nitrogen and oxygen atoms in total. The van der Waals surface area contributed by atoms with Crippen LogP contribution in [0.2, 0.25) is 0 Å². The van der Waals surface area contributed by atoms with Crippen molar-refractivity contribution in [3.05, 3.63) is 65.2 Å². The molecule has 1 atom stereocenters. The van der Waals surface area contributed by atoms with Crippen LogP contribution in [0, 0.1) is 23.3 Å². The second-order valence-electron chi connectivity index (χ2n) is 4.36. The molecular formula is C15H13F4N. The fourth-order valence-corrected chi connectivity index (χ4v) is 1.98. The Bertz CT molecular complexity index is 572. The summed E-state index contributed by atoms with van der Waals surface area (Å²) in [6.45, 7) is 1.80. The molecule has 0 aliphatic heterocycles. The molecular weight excluding hydrogens is 270 g/mol. The molecule has 2 aromatic rings. The summed E-state index contributed by atoms with van der Waals surface area (Å²) in [6.07, 6.45) is 0.501. The van der Waals surface area contributed by atoms with Crippen LogP contribution >= 0.6 is 0 Å². The van der Waals surface area contributed by atoms with Gasteiger partial charge in [0.05, 0.1) is 6.04 Å². The van der Waals surface area contributed by atoms with Gasteiger partial charge >= 0.3 is 0 Å². The molecule has 0 heterocycles. The Morgan fingerprint density at radius 1 is 0.950 bits per heavy atom. The van der Waals surface area contributed by atoms with E-state index in [-0.39, 0.29) is 6.07 Å². The highest BCUT2D eigenvalue weighted by Crippen LogP contribution is 2.29. The quantitative estimate of drug-likeness (QED) is 0.627. The Kier molecular flexibility index (Phi) is 4.27. The van der Waals surface area contributed by atoms with Crippen molar-refractivity contribution in [2.24, 2.45) is 0 Å². The summed E-state index contributed by atoms with van der Waals surface area (Å²) >= 11 is 0. The lowest BCUT2D eigenvalue weighted by atomic mass is 10.0. The monoisotopic (exact) mass is 283 g/mol. The standard InChI is InChI=1S/C15H13F4N/c1-2-12(9-6-4-3-5-7-9)20-15-13(18)10(16)8-11(17)14(15)19/h3-8,12,20H,2H2,1H3. The topological polar surface area (TPSA) is 12.0 Å². The van der Waals surface area contributed by atoms with Crippen LogP contribution in [0.15, 0.2) is 36.4 Å². The third kappa shape index (κ3) is 2.76. The molecule has 106 valence electrons. The van der Waals surface area contributed by atoms with E-state index >= 15 is 0 Å². The van der Waals surface area contributed by atoms with Crippen LogP contribution in [0.3, 0.4) is 0 Å². The van der Waals surface area contributed by atoms with Crippen molar-refractivity contribution in [2.45, 2.75) is 19.4 Å². The summed E-state index contributed by atoms with van der Waals surface area (Å²) in [5.74, 6) is -5.68. The smallest absolute Gasteiger partial charge is 0.185 e. The van der Waals surface area contributed by atoms with E-state index in [1.807, 2.05) is 0 Å². The molecule has 0 aromatic heterocycles. The maximum Gasteiger partial charge on any atom is 0.185 e. The van der Waals surface area contributed by atoms with E-state index < -0.39 is 35.0 Å². The molecule has 0 bridgehead atoms. The van der Waals surface area contributed by atoms with E-state index in [2.05, 4.69) is 5.32 Å². The van der Waals surface area contributed by atoms with Crippen molar-refractivity contribution in [3.63, 3.8) is 0 Å². The van der Waals surface area contributed by atoms with Gasteiger partial charge in [-0.3, -0.25) is 0 Å². The SMILES string of the molecule is CCC(Nc1c(F)c(F)cc(F)c1F)c1ccccc1. The highest BCUT2D eigenvalue weighted by molar-refractivity contribution is 5.49. The van der Waals surface area contributed by atoms with Crippen molar-refractivity contribution in [3.8, 4) is 0 Å². The van der Waals surface area contributed by atoms with Crippen LogP contribution in [0.25, 0.3) is 0 Å². The number of hydrogen-bond donors (Lipinski definition) is 1. The first-order valence-electron chi connectivity index (χ1n) is 6.19. The second kappa shape index (κ2) is 5.94. The van der Waals surface area contributed by atoms with Crippen molar-refractivity contribution in [1.82, 2.24) is 0 Å². The average molecular weight is 283 g/mol. The van der Waals surface area contributed by atoms with Crippen LogP contribution < -0.4 is 5.32 Å². The fraction of sp³-hybridized carbons (Fsp3) is 0.200. The van der Waals surface area contributed by atoms with Gasteiger partial charge in [-0.2, -0.15) is 0 Å². The Morgan fingerprint density at radius 2 is 1.50 bits per heavy atom. The maximum absolute atomic E-state index is 13.6. The molecule has 2 aromatic carbocycles. The minimum Gasteiger partial charge on any atom is -0.373 e. The van der Waals surface area contributed by atoms with Gasteiger partial charge in [0.1, 0.15) is 5.69 Å². The van der Waals surface area contributed by atoms with Gasteiger partial charge in [0, 0.05) is 6.07 Å². The molecule has 5 heteroatoms. The second-order valence-corrected chi connectivity index (χ2v) is 4.36. The molecule has 0 fully saturated rings. The first-order valence-corrected chi connectivity index (χ1v) is 6.19. The van der Waals surface area contributed by atoms with Gasteiger partial charge in [-0.05, 0) is 12.0 Å². The molecule has 0 saturated heterocycles. The number of benzene rings is 2. The lowest BCUT2D eigenvalue weighted by Gasteiger charge is -2.20. The number of anilines is 1. The number of nitrogens with one attached hydrogen (secondary N) is 1. The Balaban J connectivity index is 2.38. The molecule has 0 saturated carbocycles. The average Bonchev–Trinajstić information content (AvgIpc) is 2.46. The molecule has 0 aliphatic rings. The Morgan fingerprint density at radius 3 is 2.00 bits per heavy atom. The van der Waals surface area contributed by atoms with Crippen molar-refractivity contribution in [1.29, 1.82) is 0 Å². The lowest BCUT2D eigenvalue weighted by molar-refractivity contribution is 0.456. The van der Waals surface area contributed by atoms with Gasteiger partial charge in [0.25, 0.3) is 0 Å². The molecule has 0 amide bonds. The fourth-order valence-electron chi connectivity index (χ4n) is 1.98. The molecule has 2 rings (SSSR count). The summed E-state index contributed by atoms with van der Waals surface area (Å²) < 4.78 is 53.5. The third-order valence-corrected chi connectivity index (χ3v) is 3.04. The van der Waals surface area contributed by atoms with Gasteiger partial charge in [-0.15, -0.1) is 0 Å². The number of rotatable bonds is 4. The molecule has 1 unspecified atom stereocenters. The zero-order valence-corrected chi connectivity index (χ0v) is 10.8. The zero-order chi connectivity index (χ0) is 14.7.